The molecule has 0 unspecified atom stereocenters. The van der Waals surface area contributed by atoms with Crippen molar-refractivity contribution in [3.8, 4) is 0 Å². The molecule has 0 radical (unpaired) electrons. The Balaban J connectivity index is 2.68. The highest BCUT2D eigenvalue weighted by Crippen LogP contribution is 2.07. The molecule has 1 heterocycles. The van der Waals surface area contributed by atoms with E-state index >= 15 is 0 Å². The summed E-state index contributed by atoms with van der Waals surface area (Å²) in [4.78, 5) is 38.0. The zero-order valence-corrected chi connectivity index (χ0v) is 16.4. The number of hydrogen-bond acceptors (Lipinski definition) is 3. The summed E-state index contributed by atoms with van der Waals surface area (Å²) in [6.45, 7) is 11.2. The fraction of sp³-hybridized carbons (Fsp3) is 0.278. The zero-order valence-electron chi connectivity index (χ0n) is 14.3. The van der Waals surface area contributed by atoms with Crippen LogP contribution in [0.25, 0.3) is 0 Å². The number of halogens is 1. The van der Waals surface area contributed by atoms with Gasteiger partial charge in [0, 0.05) is 3.57 Å². The van der Waals surface area contributed by atoms with Crippen molar-refractivity contribution < 1.29 is 0 Å². The monoisotopic (exact) mass is 453 g/mol. The van der Waals surface area contributed by atoms with E-state index in [1.807, 2.05) is 24.3 Å². The summed E-state index contributed by atoms with van der Waals surface area (Å²) in [5.74, 6) is 0. The van der Waals surface area contributed by atoms with Crippen molar-refractivity contribution in [2.24, 2.45) is 0 Å². The van der Waals surface area contributed by atoms with E-state index in [2.05, 4.69) is 35.7 Å². The van der Waals surface area contributed by atoms with Gasteiger partial charge < -0.3 is 0 Å². The Hall–Kier alpha value is -2.16. The summed E-state index contributed by atoms with van der Waals surface area (Å²) in [6.07, 6.45) is 0. The highest BCUT2D eigenvalue weighted by atomic mass is 127. The summed E-state index contributed by atoms with van der Waals surface area (Å²) >= 11 is 2.18. The molecular weight excluding hydrogens is 433 g/mol. The molecule has 0 spiro atoms. The van der Waals surface area contributed by atoms with E-state index < -0.39 is 17.1 Å². The third-order valence-corrected chi connectivity index (χ3v) is 4.21. The van der Waals surface area contributed by atoms with Crippen molar-refractivity contribution in [2.45, 2.75) is 33.5 Å². The first-order valence-electron chi connectivity index (χ1n) is 7.68. The number of benzene rings is 1. The Bertz CT molecular complexity index is 940. The van der Waals surface area contributed by atoms with Gasteiger partial charge in [-0.1, -0.05) is 36.4 Å². The van der Waals surface area contributed by atoms with Gasteiger partial charge in [-0.05, 0) is 54.1 Å². The summed E-state index contributed by atoms with van der Waals surface area (Å²) < 4.78 is 4.22. The lowest BCUT2D eigenvalue weighted by Gasteiger charge is -2.14. The largest absolute Gasteiger partial charge is 0.336 e. The van der Waals surface area contributed by atoms with Gasteiger partial charge in [0.1, 0.15) is 0 Å². The van der Waals surface area contributed by atoms with Crippen LogP contribution in [0.5, 0.6) is 0 Å². The van der Waals surface area contributed by atoms with E-state index in [1.165, 1.54) is 0 Å². The molecule has 0 aliphatic rings. The molecule has 2 aromatic rings. The first-order chi connectivity index (χ1) is 11.7. The zero-order chi connectivity index (χ0) is 18.7. The van der Waals surface area contributed by atoms with E-state index in [9.17, 15) is 14.4 Å². The summed E-state index contributed by atoms with van der Waals surface area (Å²) in [7, 11) is 0. The standard InChI is InChI=1S/C18H20IN3O3/c1-12(2)9-20-16(23)21(10-13(3)4)18(25)22(17(20)24)11-14-5-7-15(19)8-6-14/h5-8H,1,3,9-11H2,2,4H3. The molecule has 0 saturated carbocycles. The lowest BCUT2D eigenvalue weighted by Crippen LogP contribution is -2.54. The fourth-order valence-electron chi connectivity index (χ4n) is 2.40. The average molecular weight is 453 g/mol. The molecule has 0 amide bonds. The van der Waals surface area contributed by atoms with Crippen LogP contribution in [0.4, 0.5) is 0 Å². The van der Waals surface area contributed by atoms with Crippen LogP contribution < -0.4 is 17.1 Å². The molecular formula is C18H20IN3O3. The normalized spacial score (nSPS) is 10.7. The first kappa shape index (κ1) is 19.2. The third-order valence-electron chi connectivity index (χ3n) is 3.50. The molecule has 1 aromatic carbocycles. The molecule has 0 N–H and O–H groups in total. The van der Waals surface area contributed by atoms with Crippen molar-refractivity contribution in [3.63, 3.8) is 0 Å². The van der Waals surface area contributed by atoms with Gasteiger partial charge in [-0.2, -0.15) is 0 Å². The maximum absolute atomic E-state index is 12.7. The molecule has 1 aromatic heterocycles. The minimum Gasteiger partial charge on any atom is -0.247 e. The molecule has 0 aliphatic heterocycles. The molecule has 2 rings (SSSR count). The highest BCUT2D eigenvalue weighted by molar-refractivity contribution is 14.1. The predicted octanol–water partition coefficient (Wildman–Crippen LogP) is 1.98. The molecule has 25 heavy (non-hydrogen) atoms. The lowest BCUT2D eigenvalue weighted by molar-refractivity contribution is 0.488. The third kappa shape index (κ3) is 4.47. The maximum atomic E-state index is 12.7. The topological polar surface area (TPSA) is 66.0 Å². The number of rotatable bonds is 6. The Morgan fingerprint density at radius 3 is 1.64 bits per heavy atom. The van der Waals surface area contributed by atoms with Crippen LogP contribution in [0, 0.1) is 3.57 Å². The number of hydrogen-bond donors (Lipinski definition) is 0. The van der Waals surface area contributed by atoms with Crippen LogP contribution in [-0.4, -0.2) is 13.7 Å². The molecule has 7 heteroatoms. The lowest BCUT2D eigenvalue weighted by atomic mass is 10.2. The van der Waals surface area contributed by atoms with E-state index in [1.54, 1.807) is 13.8 Å². The first-order valence-corrected chi connectivity index (χ1v) is 8.76. The van der Waals surface area contributed by atoms with Crippen LogP contribution in [0.3, 0.4) is 0 Å². The van der Waals surface area contributed by atoms with Gasteiger partial charge in [-0.15, -0.1) is 0 Å². The van der Waals surface area contributed by atoms with Gasteiger partial charge in [0.05, 0.1) is 19.6 Å². The van der Waals surface area contributed by atoms with E-state index in [0.29, 0.717) is 11.1 Å². The molecule has 0 saturated heterocycles. The predicted molar refractivity (Wildman–Crippen MR) is 107 cm³/mol. The van der Waals surface area contributed by atoms with Crippen LogP contribution in [0.1, 0.15) is 19.4 Å². The Morgan fingerprint density at radius 2 is 1.24 bits per heavy atom. The highest BCUT2D eigenvalue weighted by Gasteiger charge is 2.15. The van der Waals surface area contributed by atoms with Crippen molar-refractivity contribution in [1.29, 1.82) is 0 Å². The van der Waals surface area contributed by atoms with Crippen molar-refractivity contribution in [1.82, 2.24) is 13.7 Å². The van der Waals surface area contributed by atoms with Crippen LogP contribution in [0.15, 0.2) is 63.0 Å². The van der Waals surface area contributed by atoms with Crippen LogP contribution >= 0.6 is 22.6 Å². The van der Waals surface area contributed by atoms with E-state index in [-0.39, 0.29) is 19.6 Å². The molecule has 132 valence electrons. The van der Waals surface area contributed by atoms with Crippen molar-refractivity contribution >= 4 is 22.6 Å². The molecule has 0 fully saturated rings. The minimum atomic E-state index is -0.639. The maximum Gasteiger partial charge on any atom is 0.336 e. The summed E-state index contributed by atoms with van der Waals surface area (Å²) in [5, 5.41) is 0. The molecule has 0 aliphatic carbocycles. The van der Waals surface area contributed by atoms with Gasteiger partial charge in [0.25, 0.3) is 0 Å². The second-order valence-corrected chi connectivity index (χ2v) is 7.39. The van der Waals surface area contributed by atoms with Crippen LogP contribution in [-0.2, 0) is 19.6 Å². The minimum absolute atomic E-state index is 0.0703. The second-order valence-electron chi connectivity index (χ2n) is 6.15. The fourth-order valence-corrected chi connectivity index (χ4v) is 2.76. The van der Waals surface area contributed by atoms with Crippen molar-refractivity contribution in [2.75, 3.05) is 0 Å². The van der Waals surface area contributed by atoms with Gasteiger partial charge in [-0.25, -0.2) is 28.1 Å². The molecule has 6 nitrogen and oxygen atoms in total. The van der Waals surface area contributed by atoms with Gasteiger partial charge >= 0.3 is 17.1 Å². The van der Waals surface area contributed by atoms with Gasteiger partial charge in [0.15, 0.2) is 0 Å². The average Bonchev–Trinajstić information content (AvgIpc) is 2.54. The second kappa shape index (κ2) is 7.81. The van der Waals surface area contributed by atoms with Gasteiger partial charge in [0.2, 0.25) is 0 Å². The number of allylic oxidation sites excluding steroid dienone is 2. The SMILES string of the molecule is C=C(C)Cn1c(=O)n(CC(=C)C)c(=O)n(Cc2ccc(I)cc2)c1=O. The summed E-state index contributed by atoms with van der Waals surface area (Å²) in [6, 6.07) is 7.50. The van der Waals surface area contributed by atoms with Gasteiger partial charge in [-0.3, -0.25) is 0 Å². The number of aromatic nitrogens is 3. The quantitative estimate of drug-likeness (QED) is 0.497. The van der Waals surface area contributed by atoms with Crippen LogP contribution in [0.2, 0.25) is 0 Å². The van der Waals surface area contributed by atoms with E-state index in [0.717, 1.165) is 22.8 Å². The Kier molecular flexibility index (Phi) is 5.99. The Labute approximate surface area is 158 Å². The number of nitrogens with zero attached hydrogens (tertiary/aromatic N) is 3. The Morgan fingerprint density at radius 1 is 0.840 bits per heavy atom. The smallest absolute Gasteiger partial charge is 0.247 e. The summed E-state index contributed by atoms with van der Waals surface area (Å²) in [5.41, 5.74) is 0.215. The van der Waals surface area contributed by atoms with E-state index in [4.69, 9.17) is 0 Å². The van der Waals surface area contributed by atoms with Crippen molar-refractivity contribution in [3.05, 3.63) is 89.2 Å². The molecule has 0 atom stereocenters. The molecule has 0 bridgehead atoms.